The number of aryl methyl sites for hydroxylation is 2. The van der Waals surface area contributed by atoms with Gasteiger partial charge in [-0.15, -0.1) is 0 Å². The van der Waals surface area contributed by atoms with Gasteiger partial charge in [0.25, 0.3) is 5.91 Å². The molecule has 0 heterocycles. The highest BCUT2D eigenvalue weighted by Gasteiger charge is 2.22. The smallest absolute Gasteiger partial charge is 0.261 e. The monoisotopic (exact) mass is 355 g/mol. The average Bonchev–Trinajstić information content (AvgIpc) is 2.64. The SMILES string of the molecule is CC[C@H](Oc1cccc(OC)c1)C(=O)N[C@@H](CC)c1ccc(C)cc1C. The number of benzene rings is 2. The van der Waals surface area contributed by atoms with Gasteiger partial charge in [-0.1, -0.05) is 43.7 Å². The molecule has 0 saturated heterocycles. The van der Waals surface area contributed by atoms with E-state index >= 15 is 0 Å². The number of carbonyl (C=O) groups excluding carboxylic acids is 1. The Morgan fingerprint density at radius 1 is 1.04 bits per heavy atom. The highest BCUT2D eigenvalue weighted by Crippen LogP contribution is 2.24. The van der Waals surface area contributed by atoms with Crippen molar-refractivity contribution in [3.63, 3.8) is 0 Å². The maximum absolute atomic E-state index is 12.8. The first-order chi connectivity index (χ1) is 12.5. The maximum Gasteiger partial charge on any atom is 0.261 e. The summed E-state index contributed by atoms with van der Waals surface area (Å²) >= 11 is 0. The molecule has 1 amide bonds. The number of amides is 1. The molecule has 4 nitrogen and oxygen atoms in total. The first kappa shape index (κ1) is 19.8. The normalized spacial score (nSPS) is 13.0. The van der Waals surface area contributed by atoms with E-state index in [4.69, 9.17) is 9.47 Å². The van der Waals surface area contributed by atoms with E-state index in [0.717, 1.165) is 12.0 Å². The standard InChI is InChI=1S/C22H29NO3/c1-6-20(19-12-11-15(3)13-16(19)4)23-22(24)21(7-2)26-18-10-8-9-17(14-18)25-5/h8-14,20-21H,6-7H2,1-5H3,(H,23,24)/t20-,21-/m0/s1. The van der Waals surface area contributed by atoms with Crippen LogP contribution in [0, 0.1) is 13.8 Å². The van der Waals surface area contributed by atoms with Crippen molar-refractivity contribution in [2.45, 2.75) is 52.7 Å². The van der Waals surface area contributed by atoms with E-state index in [1.807, 2.05) is 25.1 Å². The minimum absolute atomic E-state index is 0.0222. The van der Waals surface area contributed by atoms with Crippen molar-refractivity contribution >= 4 is 5.91 Å². The zero-order valence-corrected chi connectivity index (χ0v) is 16.3. The molecule has 0 aliphatic rings. The molecule has 0 saturated carbocycles. The number of hydrogen-bond donors (Lipinski definition) is 1. The molecule has 0 radical (unpaired) electrons. The Labute approximate surface area is 156 Å². The second-order valence-corrected chi connectivity index (χ2v) is 6.52. The van der Waals surface area contributed by atoms with Gasteiger partial charge >= 0.3 is 0 Å². The van der Waals surface area contributed by atoms with Crippen LogP contribution in [0.5, 0.6) is 11.5 Å². The lowest BCUT2D eigenvalue weighted by Gasteiger charge is -2.24. The summed E-state index contributed by atoms with van der Waals surface area (Å²) in [5, 5.41) is 3.15. The van der Waals surface area contributed by atoms with Crippen LogP contribution in [-0.2, 0) is 4.79 Å². The number of rotatable bonds is 8. The quantitative estimate of drug-likeness (QED) is 0.744. The summed E-state index contributed by atoms with van der Waals surface area (Å²) in [6.07, 6.45) is 0.874. The van der Waals surface area contributed by atoms with Gasteiger partial charge in [0.1, 0.15) is 11.5 Å². The lowest BCUT2D eigenvalue weighted by atomic mass is 9.97. The van der Waals surface area contributed by atoms with E-state index in [0.29, 0.717) is 17.9 Å². The fraction of sp³-hybridized carbons (Fsp3) is 0.409. The summed E-state index contributed by atoms with van der Waals surface area (Å²) in [4.78, 5) is 12.8. The molecular weight excluding hydrogens is 326 g/mol. The minimum atomic E-state index is -0.540. The molecule has 1 N–H and O–H groups in total. The third-order valence-corrected chi connectivity index (χ3v) is 4.51. The van der Waals surface area contributed by atoms with E-state index in [1.54, 1.807) is 13.2 Å². The number of nitrogens with one attached hydrogen (secondary N) is 1. The van der Waals surface area contributed by atoms with E-state index in [-0.39, 0.29) is 11.9 Å². The highest BCUT2D eigenvalue weighted by atomic mass is 16.5. The van der Waals surface area contributed by atoms with Gasteiger partial charge in [-0.2, -0.15) is 0 Å². The van der Waals surface area contributed by atoms with Crippen LogP contribution in [0.25, 0.3) is 0 Å². The first-order valence-electron chi connectivity index (χ1n) is 9.16. The molecule has 2 aromatic rings. The summed E-state index contributed by atoms with van der Waals surface area (Å²) in [6, 6.07) is 13.6. The van der Waals surface area contributed by atoms with Gasteiger partial charge in [0.2, 0.25) is 0 Å². The first-order valence-corrected chi connectivity index (χ1v) is 9.16. The summed E-state index contributed by atoms with van der Waals surface area (Å²) < 4.78 is 11.1. The molecule has 0 bridgehead atoms. The highest BCUT2D eigenvalue weighted by molar-refractivity contribution is 5.81. The number of hydrogen-bond acceptors (Lipinski definition) is 3. The Bertz CT molecular complexity index is 742. The zero-order chi connectivity index (χ0) is 19.1. The van der Waals surface area contributed by atoms with Crippen LogP contribution in [0.15, 0.2) is 42.5 Å². The zero-order valence-electron chi connectivity index (χ0n) is 16.3. The van der Waals surface area contributed by atoms with Crippen LogP contribution in [0.4, 0.5) is 0 Å². The molecule has 140 valence electrons. The Hall–Kier alpha value is -2.49. The molecule has 0 aliphatic carbocycles. The molecule has 4 heteroatoms. The molecule has 2 rings (SSSR count). The van der Waals surface area contributed by atoms with Gasteiger partial charge in [0, 0.05) is 6.07 Å². The summed E-state index contributed by atoms with van der Waals surface area (Å²) in [7, 11) is 1.61. The van der Waals surface area contributed by atoms with E-state index in [2.05, 4.69) is 44.3 Å². The lowest BCUT2D eigenvalue weighted by Crippen LogP contribution is -2.40. The van der Waals surface area contributed by atoms with Gasteiger partial charge in [-0.05, 0) is 49.9 Å². The van der Waals surface area contributed by atoms with Crippen molar-refractivity contribution < 1.29 is 14.3 Å². The Morgan fingerprint density at radius 2 is 1.77 bits per heavy atom. The van der Waals surface area contributed by atoms with E-state index in [1.165, 1.54) is 11.1 Å². The Morgan fingerprint density at radius 3 is 2.38 bits per heavy atom. The lowest BCUT2D eigenvalue weighted by molar-refractivity contribution is -0.129. The average molecular weight is 355 g/mol. The van der Waals surface area contributed by atoms with Crippen LogP contribution in [0.1, 0.15) is 49.4 Å². The molecular formula is C22H29NO3. The van der Waals surface area contributed by atoms with Crippen LogP contribution in [-0.4, -0.2) is 19.1 Å². The van der Waals surface area contributed by atoms with Crippen molar-refractivity contribution in [3.8, 4) is 11.5 Å². The minimum Gasteiger partial charge on any atom is -0.497 e. The van der Waals surface area contributed by atoms with Crippen LogP contribution >= 0.6 is 0 Å². The van der Waals surface area contributed by atoms with Gasteiger partial charge < -0.3 is 14.8 Å². The van der Waals surface area contributed by atoms with Gasteiger partial charge in [-0.25, -0.2) is 0 Å². The van der Waals surface area contributed by atoms with Crippen molar-refractivity contribution in [1.82, 2.24) is 5.32 Å². The predicted molar refractivity (Wildman–Crippen MR) is 105 cm³/mol. The van der Waals surface area contributed by atoms with Crippen molar-refractivity contribution in [3.05, 3.63) is 59.2 Å². The summed E-state index contributed by atoms with van der Waals surface area (Å²) in [5.74, 6) is 1.24. The molecule has 2 aromatic carbocycles. The maximum atomic E-state index is 12.8. The Balaban J connectivity index is 2.11. The van der Waals surface area contributed by atoms with Crippen molar-refractivity contribution in [1.29, 1.82) is 0 Å². The Kier molecular flexibility index (Phi) is 7.07. The van der Waals surface area contributed by atoms with Crippen LogP contribution in [0.3, 0.4) is 0 Å². The van der Waals surface area contributed by atoms with E-state index < -0.39 is 6.10 Å². The number of ether oxygens (including phenoxy) is 2. The molecule has 0 unspecified atom stereocenters. The van der Waals surface area contributed by atoms with Crippen molar-refractivity contribution in [2.75, 3.05) is 7.11 Å². The second-order valence-electron chi connectivity index (χ2n) is 6.52. The van der Waals surface area contributed by atoms with Gasteiger partial charge in [-0.3, -0.25) is 4.79 Å². The number of carbonyl (C=O) groups is 1. The molecule has 0 fully saturated rings. The second kappa shape index (κ2) is 9.27. The van der Waals surface area contributed by atoms with Gasteiger partial charge in [0.15, 0.2) is 6.10 Å². The molecule has 2 atom stereocenters. The third-order valence-electron chi connectivity index (χ3n) is 4.51. The van der Waals surface area contributed by atoms with Crippen LogP contribution in [0.2, 0.25) is 0 Å². The van der Waals surface area contributed by atoms with E-state index in [9.17, 15) is 4.79 Å². The topological polar surface area (TPSA) is 47.6 Å². The largest absolute Gasteiger partial charge is 0.497 e. The summed E-state index contributed by atoms with van der Waals surface area (Å²) in [5.41, 5.74) is 3.57. The molecule has 0 aliphatic heterocycles. The van der Waals surface area contributed by atoms with Crippen LogP contribution < -0.4 is 14.8 Å². The fourth-order valence-corrected chi connectivity index (χ4v) is 3.04. The van der Waals surface area contributed by atoms with Gasteiger partial charge in [0.05, 0.1) is 13.2 Å². The molecule has 0 aromatic heterocycles. The molecule has 0 spiro atoms. The summed E-state index contributed by atoms with van der Waals surface area (Å²) in [6.45, 7) is 8.18. The number of methoxy groups -OCH3 is 1. The van der Waals surface area contributed by atoms with Crippen molar-refractivity contribution in [2.24, 2.45) is 0 Å². The predicted octanol–water partition coefficient (Wildman–Crippen LogP) is 4.74. The fourth-order valence-electron chi connectivity index (χ4n) is 3.04. The molecule has 26 heavy (non-hydrogen) atoms. The third kappa shape index (κ3) is 5.01.